The Balaban J connectivity index is 2.06. The van der Waals surface area contributed by atoms with E-state index in [1.54, 1.807) is 11.8 Å². The van der Waals surface area contributed by atoms with Gasteiger partial charge >= 0.3 is 0 Å². The number of hydrogen-bond donors (Lipinski definition) is 1. The molecule has 0 amide bonds. The summed E-state index contributed by atoms with van der Waals surface area (Å²) in [7, 11) is 2.07. The van der Waals surface area contributed by atoms with Gasteiger partial charge in [0.2, 0.25) is 0 Å². The van der Waals surface area contributed by atoms with E-state index in [4.69, 9.17) is 0 Å². The van der Waals surface area contributed by atoms with Gasteiger partial charge in [-0.1, -0.05) is 0 Å². The molecule has 1 aliphatic heterocycles. The highest BCUT2D eigenvalue weighted by Gasteiger charge is 2.24. The molecule has 2 nitrogen and oxygen atoms in total. The summed E-state index contributed by atoms with van der Waals surface area (Å²) < 4.78 is 0. The largest absolute Gasteiger partial charge is 0.369 e. The summed E-state index contributed by atoms with van der Waals surface area (Å²) in [6, 6.07) is 10.3. The molecule has 1 aromatic rings. The molecule has 1 N–H and O–H groups in total. The third kappa shape index (κ3) is 2.96. The first-order valence-electron chi connectivity index (χ1n) is 6.32. The quantitative estimate of drug-likeness (QED) is 0.830. The summed E-state index contributed by atoms with van der Waals surface area (Å²) in [6.07, 6.45) is 4.60. The fraction of sp³-hybridized carbons (Fsp3) is 0.571. The van der Waals surface area contributed by atoms with Crippen molar-refractivity contribution in [2.75, 3.05) is 24.7 Å². The van der Waals surface area contributed by atoms with Gasteiger partial charge < -0.3 is 10.2 Å². The Hall–Kier alpha value is -0.670. The first-order valence-corrected chi connectivity index (χ1v) is 7.55. The maximum Gasteiger partial charge on any atom is 0.0369 e. The summed E-state index contributed by atoms with van der Waals surface area (Å²) in [5.74, 6) is 0. The van der Waals surface area contributed by atoms with Crippen LogP contribution in [-0.4, -0.2) is 31.9 Å². The zero-order chi connectivity index (χ0) is 12.3. The first kappa shape index (κ1) is 12.8. The standard InChI is InChI=1S/C14H22N2S/c1-11-10-12(15-2)8-9-16(11)13-4-6-14(17-3)7-5-13/h4-7,11-12,15H,8-10H2,1-3H3. The molecule has 1 fully saturated rings. The van der Waals surface area contributed by atoms with Crippen molar-refractivity contribution in [3.63, 3.8) is 0 Å². The fourth-order valence-electron chi connectivity index (χ4n) is 2.59. The molecule has 2 rings (SSSR count). The molecule has 0 bridgehead atoms. The predicted octanol–water partition coefficient (Wildman–Crippen LogP) is 2.99. The van der Waals surface area contributed by atoms with Gasteiger partial charge in [-0.05, 0) is 57.3 Å². The molecule has 0 aliphatic carbocycles. The van der Waals surface area contributed by atoms with E-state index in [0.29, 0.717) is 12.1 Å². The van der Waals surface area contributed by atoms with Crippen molar-refractivity contribution in [1.82, 2.24) is 5.32 Å². The average molecular weight is 250 g/mol. The molecular weight excluding hydrogens is 228 g/mol. The van der Waals surface area contributed by atoms with Crippen LogP contribution in [0.15, 0.2) is 29.2 Å². The van der Waals surface area contributed by atoms with Crippen molar-refractivity contribution in [3.8, 4) is 0 Å². The number of piperidine rings is 1. The van der Waals surface area contributed by atoms with Gasteiger partial charge in [-0.3, -0.25) is 0 Å². The van der Waals surface area contributed by atoms with E-state index in [-0.39, 0.29) is 0 Å². The minimum absolute atomic E-state index is 0.626. The van der Waals surface area contributed by atoms with Crippen molar-refractivity contribution in [3.05, 3.63) is 24.3 Å². The topological polar surface area (TPSA) is 15.3 Å². The lowest BCUT2D eigenvalue weighted by molar-refractivity contribution is 0.387. The van der Waals surface area contributed by atoms with Crippen LogP contribution in [0.4, 0.5) is 5.69 Å². The van der Waals surface area contributed by atoms with Gasteiger partial charge in [0, 0.05) is 29.2 Å². The molecular formula is C14H22N2S. The SMILES string of the molecule is CNC1CCN(c2ccc(SC)cc2)C(C)C1. The Morgan fingerprint density at radius 1 is 1.29 bits per heavy atom. The third-order valence-electron chi connectivity index (χ3n) is 3.69. The minimum Gasteiger partial charge on any atom is -0.369 e. The Morgan fingerprint density at radius 3 is 2.53 bits per heavy atom. The zero-order valence-electron chi connectivity index (χ0n) is 10.9. The third-order valence-corrected chi connectivity index (χ3v) is 4.43. The van der Waals surface area contributed by atoms with E-state index in [1.807, 2.05) is 0 Å². The molecule has 0 spiro atoms. The fourth-order valence-corrected chi connectivity index (χ4v) is 3.00. The number of rotatable bonds is 3. The highest BCUT2D eigenvalue weighted by molar-refractivity contribution is 7.98. The van der Waals surface area contributed by atoms with Crippen molar-refractivity contribution in [2.24, 2.45) is 0 Å². The molecule has 1 saturated heterocycles. The van der Waals surface area contributed by atoms with Gasteiger partial charge in [0.05, 0.1) is 0 Å². The van der Waals surface area contributed by atoms with Crippen LogP contribution < -0.4 is 10.2 Å². The molecule has 0 radical (unpaired) electrons. The number of benzene rings is 1. The molecule has 3 heteroatoms. The normalized spacial score (nSPS) is 25.0. The number of anilines is 1. The smallest absolute Gasteiger partial charge is 0.0369 e. The Bertz CT molecular complexity index is 350. The molecule has 1 aromatic carbocycles. The minimum atomic E-state index is 0.626. The van der Waals surface area contributed by atoms with E-state index in [2.05, 4.69) is 54.7 Å². The van der Waals surface area contributed by atoms with E-state index in [1.165, 1.54) is 23.4 Å². The predicted molar refractivity (Wildman–Crippen MR) is 77.1 cm³/mol. The lowest BCUT2D eigenvalue weighted by atomic mass is 9.98. The summed E-state index contributed by atoms with van der Waals surface area (Å²) in [5, 5.41) is 3.39. The second-order valence-electron chi connectivity index (χ2n) is 4.75. The van der Waals surface area contributed by atoms with E-state index in [0.717, 1.165) is 6.54 Å². The maximum atomic E-state index is 3.39. The molecule has 0 aromatic heterocycles. The molecule has 94 valence electrons. The van der Waals surface area contributed by atoms with Crippen LogP contribution in [0, 0.1) is 0 Å². The van der Waals surface area contributed by atoms with Crippen LogP contribution in [0.3, 0.4) is 0 Å². The Kier molecular flexibility index (Phi) is 4.35. The highest BCUT2D eigenvalue weighted by atomic mass is 32.2. The van der Waals surface area contributed by atoms with Crippen molar-refractivity contribution in [2.45, 2.75) is 36.7 Å². The van der Waals surface area contributed by atoms with Gasteiger partial charge in [-0.2, -0.15) is 0 Å². The number of nitrogens with zero attached hydrogens (tertiary/aromatic N) is 1. The van der Waals surface area contributed by atoms with E-state index in [9.17, 15) is 0 Å². The van der Waals surface area contributed by atoms with Gasteiger partial charge in [0.25, 0.3) is 0 Å². The Morgan fingerprint density at radius 2 is 2.00 bits per heavy atom. The lowest BCUT2D eigenvalue weighted by Crippen LogP contribution is -2.46. The van der Waals surface area contributed by atoms with Crippen LogP contribution in [-0.2, 0) is 0 Å². The van der Waals surface area contributed by atoms with Crippen molar-refractivity contribution in [1.29, 1.82) is 0 Å². The van der Waals surface area contributed by atoms with Crippen molar-refractivity contribution < 1.29 is 0 Å². The summed E-state index contributed by atoms with van der Waals surface area (Å²) >= 11 is 1.80. The van der Waals surface area contributed by atoms with Crippen molar-refractivity contribution >= 4 is 17.4 Å². The zero-order valence-corrected chi connectivity index (χ0v) is 11.8. The van der Waals surface area contributed by atoms with E-state index < -0.39 is 0 Å². The monoisotopic (exact) mass is 250 g/mol. The average Bonchev–Trinajstić information content (AvgIpc) is 2.39. The van der Waals surface area contributed by atoms with Gasteiger partial charge in [-0.15, -0.1) is 11.8 Å². The highest BCUT2D eigenvalue weighted by Crippen LogP contribution is 2.26. The van der Waals surface area contributed by atoms with Gasteiger partial charge in [0.15, 0.2) is 0 Å². The number of nitrogens with one attached hydrogen (secondary N) is 1. The van der Waals surface area contributed by atoms with Crippen LogP contribution in [0.25, 0.3) is 0 Å². The maximum absolute atomic E-state index is 3.39. The second kappa shape index (κ2) is 5.78. The van der Waals surface area contributed by atoms with Crippen LogP contribution in [0.5, 0.6) is 0 Å². The number of thioether (sulfide) groups is 1. The van der Waals surface area contributed by atoms with E-state index >= 15 is 0 Å². The molecule has 1 heterocycles. The summed E-state index contributed by atoms with van der Waals surface area (Å²) in [4.78, 5) is 3.87. The number of hydrogen-bond acceptors (Lipinski definition) is 3. The summed E-state index contributed by atoms with van der Waals surface area (Å²) in [6.45, 7) is 3.48. The second-order valence-corrected chi connectivity index (χ2v) is 5.63. The Labute approximate surface area is 109 Å². The first-order chi connectivity index (χ1) is 8.24. The van der Waals surface area contributed by atoms with Crippen LogP contribution >= 0.6 is 11.8 Å². The molecule has 2 atom stereocenters. The van der Waals surface area contributed by atoms with Crippen LogP contribution in [0.2, 0.25) is 0 Å². The molecule has 0 saturated carbocycles. The van der Waals surface area contributed by atoms with Gasteiger partial charge in [-0.25, -0.2) is 0 Å². The summed E-state index contributed by atoms with van der Waals surface area (Å²) in [5.41, 5.74) is 1.37. The molecule has 2 unspecified atom stereocenters. The van der Waals surface area contributed by atoms with Crippen LogP contribution in [0.1, 0.15) is 19.8 Å². The molecule has 17 heavy (non-hydrogen) atoms. The lowest BCUT2D eigenvalue weighted by Gasteiger charge is -2.39. The molecule has 1 aliphatic rings. The van der Waals surface area contributed by atoms with Gasteiger partial charge in [0.1, 0.15) is 0 Å².